The summed E-state index contributed by atoms with van der Waals surface area (Å²) in [6.45, 7) is 0. The molecule has 1 amide bonds. The fourth-order valence-electron chi connectivity index (χ4n) is 1.66. The smallest absolute Gasteiger partial charge is 0.248 e. The van der Waals surface area contributed by atoms with Crippen LogP contribution in [-0.4, -0.2) is 5.91 Å². The Bertz CT molecular complexity index is 778. The Balaban J connectivity index is 2.24. The van der Waals surface area contributed by atoms with Gasteiger partial charge in [-0.2, -0.15) is 0 Å². The van der Waals surface area contributed by atoms with Crippen LogP contribution in [0, 0.1) is 29.1 Å². The van der Waals surface area contributed by atoms with Crippen LogP contribution in [0.4, 0.5) is 27.6 Å². The van der Waals surface area contributed by atoms with Gasteiger partial charge >= 0.3 is 0 Å². The molecule has 120 valence electrons. The first kappa shape index (κ1) is 17.0. The van der Waals surface area contributed by atoms with Crippen LogP contribution in [0.1, 0.15) is 5.56 Å². The van der Waals surface area contributed by atoms with Gasteiger partial charge in [-0.3, -0.25) is 4.79 Å². The highest BCUT2D eigenvalue weighted by atomic mass is 35.5. The molecule has 0 saturated carbocycles. The summed E-state index contributed by atoms with van der Waals surface area (Å²) in [5.74, 6) is -11.9. The summed E-state index contributed by atoms with van der Waals surface area (Å²) in [7, 11) is 0. The molecule has 0 unspecified atom stereocenters. The lowest BCUT2D eigenvalue weighted by molar-refractivity contribution is -0.111. The minimum Gasteiger partial charge on any atom is -0.317 e. The fourth-order valence-corrected chi connectivity index (χ4v) is 1.86. The Morgan fingerprint density at radius 2 is 1.52 bits per heavy atom. The SMILES string of the molecule is O=C(C=Cc1cccc(Cl)c1)Nc1c(F)c(F)c(F)c(F)c1F. The molecule has 0 aliphatic rings. The van der Waals surface area contributed by atoms with Crippen molar-refractivity contribution < 1.29 is 26.7 Å². The number of carbonyl (C=O) groups is 1. The molecule has 2 nitrogen and oxygen atoms in total. The second-order valence-electron chi connectivity index (χ2n) is 4.32. The van der Waals surface area contributed by atoms with Crippen molar-refractivity contribution >= 4 is 29.3 Å². The molecule has 8 heteroatoms. The van der Waals surface area contributed by atoms with Crippen molar-refractivity contribution in [2.45, 2.75) is 0 Å². The van der Waals surface area contributed by atoms with Crippen LogP contribution in [0.2, 0.25) is 5.02 Å². The highest BCUT2D eigenvalue weighted by Crippen LogP contribution is 2.27. The van der Waals surface area contributed by atoms with Gasteiger partial charge < -0.3 is 5.32 Å². The molecule has 1 N–H and O–H groups in total. The van der Waals surface area contributed by atoms with Crippen LogP contribution < -0.4 is 5.32 Å². The maximum atomic E-state index is 13.4. The van der Waals surface area contributed by atoms with Gasteiger partial charge in [0.05, 0.1) is 0 Å². The molecule has 0 bridgehead atoms. The van der Waals surface area contributed by atoms with E-state index >= 15 is 0 Å². The van der Waals surface area contributed by atoms with Crippen LogP contribution >= 0.6 is 11.6 Å². The maximum absolute atomic E-state index is 13.4. The average molecular weight is 348 g/mol. The Labute approximate surface area is 132 Å². The molecule has 0 saturated heterocycles. The first-order valence-corrected chi connectivity index (χ1v) is 6.45. The van der Waals surface area contributed by atoms with Crippen LogP contribution in [0.3, 0.4) is 0 Å². The van der Waals surface area contributed by atoms with E-state index in [1.165, 1.54) is 12.1 Å². The van der Waals surface area contributed by atoms with Gasteiger partial charge in [0.2, 0.25) is 11.7 Å². The maximum Gasteiger partial charge on any atom is 0.248 e. The lowest BCUT2D eigenvalue weighted by atomic mass is 10.2. The predicted octanol–water partition coefficient (Wildman–Crippen LogP) is 4.69. The molecule has 0 aromatic heterocycles. The number of amides is 1. The average Bonchev–Trinajstić information content (AvgIpc) is 2.53. The van der Waals surface area contributed by atoms with Gasteiger partial charge in [0.15, 0.2) is 23.3 Å². The van der Waals surface area contributed by atoms with Crippen molar-refractivity contribution in [3.8, 4) is 0 Å². The van der Waals surface area contributed by atoms with Crippen LogP contribution in [-0.2, 0) is 4.79 Å². The van der Waals surface area contributed by atoms with Crippen LogP contribution in [0.25, 0.3) is 6.08 Å². The van der Waals surface area contributed by atoms with E-state index in [2.05, 4.69) is 0 Å². The van der Waals surface area contributed by atoms with Crippen molar-refractivity contribution in [1.29, 1.82) is 0 Å². The summed E-state index contributed by atoms with van der Waals surface area (Å²) in [5, 5.41) is 2.01. The molecular formula is C15H7ClF5NO. The fraction of sp³-hybridized carbons (Fsp3) is 0. The third-order valence-electron chi connectivity index (χ3n) is 2.73. The first-order chi connectivity index (χ1) is 10.8. The third-order valence-corrected chi connectivity index (χ3v) is 2.97. The minimum atomic E-state index is -2.30. The predicted molar refractivity (Wildman–Crippen MR) is 75.3 cm³/mol. The molecule has 2 rings (SSSR count). The van der Waals surface area contributed by atoms with E-state index in [1.807, 2.05) is 0 Å². The standard InChI is InChI=1S/C15H7ClF5NO/c16-8-3-1-2-7(6-8)4-5-9(23)22-15-13(20)11(18)10(17)12(19)14(15)21/h1-6H,(H,22,23). The second-order valence-corrected chi connectivity index (χ2v) is 4.76. The van der Waals surface area contributed by atoms with E-state index < -0.39 is 40.7 Å². The molecule has 2 aromatic rings. The van der Waals surface area contributed by atoms with E-state index in [-0.39, 0.29) is 0 Å². The van der Waals surface area contributed by atoms with Gasteiger partial charge in [-0.1, -0.05) is 23.7 Å². The van der Waals surface area contributed by atoms with Crippen LogP contribution in [0.5, 0.6) is 0 Å². The van der Waals surface area contributed by atoms with E-state index in [0.29, 0.717) is 10.6 Å². The summed E-state index contributed by atoms with van der Waals surface area (Å²) in [6.07, 6.45) is 2.12. The highest BCUT2D eigenvalue weighted by Gasteiger charge is 2.26. The number of hydrogen-bond acceptors (Lipinski definition) is 1. The van der Waals surface area contributed by atoms with Crippen molar-refractivity contribution in [2.75, 3.05) is 5.32 Å². The molecule has 0 atom stereocenters. The zero-order valence-electron chi connectivity index (χ0n) is 11.1. The Morgan fingerprint density at radius 1 is 0.957 bits per heavy atom. The number of nitrogens with one attached hydrogen (secondary N) is 1. The second kappa shape index (κ2) is 6.78. The van der Waals surface area contributed by atoms with E-state index in [9.17, 15) is 26.7 Å². The zero-order chi connectivity index (χ0) is 17.1. The number of benzene rings is 2. The largest absolute Gasteiger partial charge is 0.317 e. The normalized spacial score (nSPS) is 11.0. The lowest BCUT2D eigenvalue weighted by Gasteiger charge is -2.08. The summed E-state index contributed by atoms with van der Waals surface area (Å²) in [4.78, 5) is 11.6. The third kappa shape index (κ3) is 3.68. The molecule has 0 radical (unpaired) electrons. The van der Waals surface area contributed by atoms with Crippen molar-refractivity contribution in [3.05, 3.63) is 70.0 Å². The van der Waals surface area contributed by atoms with Gasteiger partial charge in [0.1, 0.15) is 5.69 Å². The molecule has 2 aromatic carbocycles. The molecule has 0 spiro atoms. The Hall–Kier alpha value is -2.41. The van der Waals surface area contributed by atoms with Crippen molar-refractivity contribution in [1.82, 2.24) is 0 Å². The molecule has 0 aliphatic heterocycles. The number of rotatable bonds is 3. The quantitative estimate of drug-likeness (QED) is 0.371. The number of halogens is 6. The Kier molecular flexibility index (Phi) is 5.00. The van der Waals surface area contributed by atoms with Crippen LogP contribution in [0.15, 0.2) is 30.3 Å². The van der Waals surface area contributed by atoms with Crippen molar-refractivity contribution in [2.24, 2.45) is 0 Å². The lowest BCUT2D eigenvalue weighted by Crippen LogP contribution is -2.14. The summed E-state index contributed by atoms with van der Waals surface area (Å²) in [6, 6.07) is 6.29. The van der Waals surface area contributed by atoms with Gasteiger partial charge in [0, 0.05) is 11.1 Å². The monoisotopic (exact) mass is 347 g/mol. The van der Waals surface area contributed by atoms with Gasteiger partial charge in [-0.15, -0.1) is 0 Å². The Morgan fingerprint density at radius 3 is 2.09 bits per heavy atom. The summed E-state index contributed by atoms with van der Waals surface area (Å²) in [5.41, 5.74) is -0.910. The topological polar surface area (TPSA) is 29.1 Å². The van der Waals surface area contributed by atoms with E-state index in [4.69, 9.17) is 11.6 Å². The number of carbonyl (C=O) groups excluding carboxylic acids is 1. The van der Waals surface area contributed by atoms with Gasteiger partial charge in [0.25, 0.3) is 0 Å². The number of anilines is 1. The highest BCUT2D eigenvalue weighted by molar-refractivity contribution is 6.30. The molecule has 0 heterocycles. The van der Waals surface area contributed by atoms with Gasteiger partial charge in [-0.05, 0) is 23.8 Å². The minimum absolute atomic E-state index is 0.396. The summed E-state index contributed by atoms with van der Waals surface area (Å²) < 4.78 is 65.7. The van der Waals surface area contributed by atoms with Gasteiger partial charge in [-0.25, -0.2) is 22.0 Å². The zero-order valence-corrected chi connectivity index (χ0v) is 11.9. The molecule has 0 aliphatic carbocycles. The van der Waals surface area contributed by atoms with E-state index in [0.717, 1.165) is 6.08 Å². The molecule has 23 heavy (non-hydrogen) atoms. The van der Waals surface area contributed by atoms with Crippen molar-refractivity contribution in [3.63, 3.8) is 0 Å². The molecular weight excluding hydrogens is 341 g/mol. The first-order valence-electron chi connectivity index (χ1n) is 6.07. The van der Waals surface area contributed by atoms with E-state index in [1.54, 1.807) is 23.5 Å². The summed E-state index contributed by atoms with van der Waals surface area (Å²) >= 11 is 5.73. The number of hydrogen-bond donors (Lipinski definition) is 1. The molecule has 0 fully saturated rings.